The van der Waals surface area contributed by atoms with Crippen LogP contribution in [0.25, 0.3) is 0 Å². The molecular weight excluding hydrogens is 814 g/mol. The van der Waals surface area contributed by atoms with Crippen molar-refractivity contribution in [3.63, 3.8) is 0 Å². The molecule has 1 amide bonds. The maximum Gasteiger partial charge on any atom is 0.237 e. The molecule has 1 atom stereocenters. The molecule has 0 aromatic heterocycles. The van der Waals surface area contributed by atoms with E-state index in [4.69, 9.17) is 16.2 Å². The summed E-state index contributed by atoms with van der Waals surface area (Å²) in [6.07, 6.45) is 1.17. The molecule has 0 radical (unpaired) electrons. The van der Waals surface area contributed by atoms with Crippen molar-refractivity contribution in [2.45, 2.75) is 18.9 Å². The molecule has 2 rings (SSSR count). The van der Waals surface area contributed by atoms with Gasteiger partial charge in [0.2, 0.25) is 5.91 Å². The molecule has 2 aromatic rings. The Labute approximate surface area is 218 Å². The van der Waals surface area contributed by atoms with Crippen LogP contribution in [0.15, 0.2) is 24.3 Å². The lowest BCUT2D eigenvalue weighted by molar-refractivity contribution is -0.122. The lowest BCUT2D eigenvalue weighted by atomic mass is 10.1. The van der Waals surface area contributed by atoms with Crippen LogP contribution in [0.3, 0.4) is 0 Å². The van der Waals surface area contributed by atoms with Gasteiger partial charge >= 0.3 is 0 Å². The summed E-state index contributed by atoms with van der Waals surface area (Å²) >= 11 is 8.58. The third-order valence-corrected chi connectivity index (χ3v) is 6.99. The molecule has 6 nitrogen and oxygen atoms in total. The van der Waals surface area contributed by atoms with Crippen molar-refractivity contribution in [1.29, 1.82) is 0 Å². The van der Waals surface area contributed by atoms with E-state index in [1.807, 2.05) is 12.1 Å². The van der Waals surface area contributed by atoms with Crippen LogP contribution in [-0.4, -0.2) is 30.1 Å². The Hall–Kier alpha value is 0.350. The number of hydrogen-bond donors (Lipinski definition) is 4. The standard InChI is InChI=1S/C18H19I4N3O3/c19-11-7-10(8-12(20)16(11)26)28-17-13(21)4-9(5-14(17)22)6-15(24)18(27)25-3-1-2-23/h4-5,7-8,15,26H,1-3,6,23-24H2,(H,25,27)/t15-/m0/s1. The Morgan fingerprint density at radius 1 is 1.07 bits per heavy atom. The molecule has 0 aliphatic heterocycles. The summed E-state index contributed by atoms with van der Waals surface area (Å²) in [5.41, 5.74) is 12.4. The van der Waals surface area contributed by atoms with Crippen molar-refractivity contribution >= 4 is 96.3 Å². The Morgan fingerprint density at radius 3 is 2.18 bits per heavy atom. The zero-order valence-electron chi connectivity index (χ0n) is 14.6. The lowest BCUT2D eigenvalue weighted by Gasteiger charge is -2.15. The van der Waals surface area contributed by atoms with E-state index >= 15 is 0 Å². The number of rotatable bonds is 8. The fourth-order valence-corrected chi connectivity index (χ4v) is 6.17. The first kappa shape index (κ1) is 24.6. The van der Waals surface area contributed by atoms with E-state index in [0.717, 1.165) is 32.0 Å². The zero-order chi connectivity index (χ0) is 20.8. The topological polar surface area (TPSA) is 111 Å². The molecular formula is C18H19I4N3O3. The second kappa shape index (κ2) is 11.7. The molecule has 0 saturated carbocycles. The first-order valence-corrected chi connectivity index (χ1v) is 12.6. The van der Waals surface area contributed by atoms with Crippen molar-refractivity contribution in [1.82, 2.24) is 5.32 Å². The summed E-state index contributed by atoms with van der Waals surface area (Å²) in [5, 5.41) is 12.7. The van der Waals surface area contributed by atoms with Crippen LogP contribution in [0.2, 0.25) is 0 Å². The van der Waals surface area contributed by atoms with Gasteiger partial charge in [-0.1, -0.05) is 0 Å². The van der Waals surface area contributed by atoms with Gasteiger partial charge in [-0.25, -0.2) is 0 Å². The average molecular weight is 833 g/mol. The molecule has 0 aliphatic rings. The second-order valence-electron chi connectivity index (χ2n) is 5.97. The van der Waals surface area contributed by atoms with Gasteiger partial charge in [0.15, 0.2) is 5.75 Å². The molecule has 0 aliphatic carbocycles. The number of carbonyl (C=O) groups excluding carboxylic acids is 1. The SMILES string of the molecule is NCCCNC(=O)[C@@H](N)Cc1cc(I)c(Oc2cc(I)c(O)c(I)c2)c(I)c1. The van der Waals surface area contributed by atoms with E-state index in [2.05, 4.69) is 95.7 Å². The molecule has 2 aromatic carbocycles. The fourth-order valence-electron chi connectivity index (χ4n) is 2.34. The third kappa shape index (κ3) is 6.95. The van der Waals surface area contributed by atoms with Gasteiger partial charge < -0.3 is 26.6 Å². The summed E-state index contributed by atoms with van der Waals surface area (Å²) < 4.78 is 9.38. The van der Waals surface area contributed by atoms with Crippen LogP contribution in [0.5, 0.6) is 17.2 Å². The predicted molar refractivity (Wildman–Crippen MR) is 144 cm³/mol. The maximum absolute atomic E-state index is 12.1. The Morgan fingerprint density at radius 2 is 1.64 bits per heavy atom. The van der Waals surface area contributed by atoms with Gasteiger partial charge in [0.25, 0.3) is 0 Å². The van der Waals surface area contributed by atoms with Crippen LogP contribution < -0.4 is 21.5 Å². The van der Waals surface area contributed by atoms with E-state index in [-0.39, 0.29) is 11.7 Å². The highest BCUT2D eigenvalue weighted by molar-refractivity contribution is 14.1. The number of ether oxygens (including phenoxy) is 1. The van der Waals surface area contributed by atoms with Gasteiger partial charge in [0.05, 0.1) is 20.3 Å². The molecule has 0 saturated heterocycles. The van der Waals surface area contributed by atoms with Gasteiger partial charge in [-0.3, -0.25) is 4.79 Å². The van der Waals surface area contributed by atoms with E-state index in [1.54, 1.807) is 12.1 Å². The van der Waals surface area contributed by atoms with E-state index in [0.29, 0.717) is 25.3 Å². The lowest BCUT2D eigenvalue weighted by Crippen LogP contribution is -2.42. The number of phenols is 1. The fraction of sp³-hybridized carbons (Fsp3) is 0.278. The summed E-state index contributed by atoms with van der Waals surface area (Å²) in [6.45, 7) is 1.07. The van der Waals surface area contributed by atoms with Crippen LogP contribution in [0.4, 0.5) is 0 Å². The summed E-state index contributed by atoms with van der Waals surface area (Å²) in [6, 6.07) is 6.92. The number of amides is 1. The van der Waals surface area contributed by atoms with Crippen molar-refractivity contribution in [2.75, 3.05) is 13.1 Å². The number of carbonyl (C=O) groups is 1. The molecule has 28 heavy (non-hydrogen) atoms. The molecule has 0 spiro atoms. The van der Waals surface area contributed by atoms with Crippen molar-refractivity contribution < 1.29 is 14.6 Å². The normalized spacial score (nSPS) is 11.9. The highest BCUT2D eigenvalue weighted by Gasteiger charge is 2.17. The minimum absolute atomic E-state index is 0.174. The number of nitrogens with two attached hydrogens (primary N) is 2. The molecule has 0 heterocycles. The summed E-state index contributed by atoms with van der Waals surface area (Å²) in [4.78, 5) is 12.1. The number of nitrogens with one attached hydrogen (secondary N) is 1. The van der Waals surface area contributed by atoms with Gasteiger partial charge in [-0.05, 0) is 140 Å². The largest absolute Gasteiger partial charge is 0.506 e. The molecule has 152 valence electrons. The number of phenolic OH excluding ortho intramolecular Hbond substituents is 1. The van der Waals surface area contributed by atoms with Gasteiger partial charge in [-0.15, -0.1) is 0 Å². The number of benzene rings is 2. The Balaban J connectivity index is 2.13. The first-order chi connectivity index (χ1) is 13.2. The minimum atomic E-state index is -0.614. The number of aromatic hydroxyl groups is 1. The third-order valence-electron chi connectivity index (χ3n) is 3.74. The van der Waals surface area contributed by atoms with Crippen LogP contribution >= 0.6 is 90.4 Å². The minimum Gasteiger partial charge on any atom is -0.506 e. The van der Waals surface area contributed by atoms with Crippen LogP contribution in [0.1, 0.15) is 12.0 Å². The second-order valence-corrected chi connectivity index (χ2v) is 10.6. The molecule has 0 bridgehead atoms. The maximum atomic E-state index is 12.1. The first-order valence-electron chi connectivity index (χ1n) is 8.30. The molecule has 0 fully saturated rings. The molecule has 10 heteroatoms. The smallest absolute Gasteiger partial charge is 0.237 e. The molecule has 6 N–H and O–H groups in total. The van der Waals surface area contributed by atoms with Crippen LogP contribution in [-0.2, 0) is 11.2 Å². The van der Waals surface area contributed by atoms with Crippen molar-refractivity contribution in [3.05, 3.63) is 44.1 Å². The highest BCUT2D eigenvalue weighted by atomic mass is 127. The summed E-state index contributed by atoms with van der Waals surface area (Å²) in [7, 11) is 0. The predicted octanol–water partition coefficient (Wildman–Crippen LogP) is 3.94. The monoisotopic (exact) mass is 833 g/mol. The quantitative estimate of drug-likeness (QED) is 0.238. The number of hydrogen-bond acceptors (Lipinski definition) is 5. The van der Waals surface area contributed by atoms with Gasteiger partial charge in [0, 0.05) is 6.54 Å². The van der Waals surface area contributed by atoms with E-state index in [1.165, 1.54) is 0 Å². The molecule has 0 unspecified atom stereocenters. The van der Waals surface area contributed by atoms with Gasteiger partial charge in [0.1, 0.15) is 11.5 Å². The Bertz CT molecular complexity index is 818. The zero-order valence-corrected chi connectivity index (χ0v) is 23.3. The van der Waals surface area contributed by atoms with Crippen molar-refractivity contribution in [3.8, 4) is 17.2 Å². The summed E-state index contributed by atoms with van der Waals surface area (Å²) in [5.74, 6) is 1.48. The number of halogens is 4. The van der Waals surface area contributed by atoms with Crippen LogP contribution in [0, 0.1) is 14.3 Å². The van der Waals surface area contributed by atoms with E-state index < -0.39 is 6.04 Å². The Kier molecular flexibility index (Phi) is 10.3. The van der Waals surface area contributed by atoms with E-state index in [9.17, 15) is 9.90 Å². The average Bonchev–Trinajstić information content (AvgIpc) is 2.62. The highest BCUT2D eigenvalue weighted by Crippen LogP contribution is 2.36. The van der Waals surface area contributed by atoms with Crippen molar-refractivity contribution in [2.24, 2.45) is 11.5 Å². The van der Waals surface area contributed by atoms with Gasteiger partial charge in [-0.2, -0.15) is 0 Å².